The van der Waals surface area contributed by atoms with Gasteiger partial charge in [0.25, 0.3) is 0 Å². The molecule has 0 saturated carbocycles. The second kappa shape index (κ2) is 14.5. The molecule has 0 heterocycles. The molecule has 0 amide bonds. The molecule has 2 rings (SSSR count). The van der Waals surface area contributed by atoms with Crippen molar-refractivity contribution in [2.75, 3.05) is 31.8 Å². The monoisotopic (exact) mass is 457 g/mol. The Hall–Kier alpha value is -2.60. The number of rotatable bonds is 14. The summed E-state index contributed by atoms with van der Waals surface area (Å²) in [6, 6.07) is 14.0. The lowest BCUT2D eigenvalue weighted by atomic mass is 10.1. The maximum Gasteiger partial charge on any atom is 0.125 e. The lowest BCUT2D eigenvalue weighted by Crippen LogP contribution is -2.16. The van der Waals surface area contributed by atoms with Crippen LogP contribution >= 0.6 is 0 Å². The summed E-state index contributed by atoms with van der Waals surface area (Å²) < 4.78 is 24.3. The van der Waals surface area contributed by atoms with E-state index in [-0.39, 0.29) is 0 Å². The molecule has 0 aliphatic heterocycles. The largest absolute Gasteiger partial charge is 0.493 e. The van der Waals surface area contributed by atoms with Gasteiger partial charge in [-0.3, -0.25) is 4.21 Å². The highest BCUT2D eigenvalue weighted by Crippen LogP contribution is 2.28. The Morgan fingerprint density at radius 1 is 1.06 bits per heavy atom. The van der Waals surface area contributed by atoms with Crippen molar-refractivity contribution in [1.82, 2.24) is 0 Å². The molecule has 2 aromatic carbocycles. The van der Waals surface area contributed by atoms with Gasteiger partial charge in [0.1, 0.15) is 25.2 Å². The summed E-state index contributed by atoms with van der Waals surface area (Å²) in [4.78, 5) is 4.95. The Morgan fingerprint density at radius 2 is 1.78 bits per heavy atom. The number of aryl methyl sites for hydroxylation is 2. The van der Waals surface area contributed by atoms with Crippen molar-refractivity contribution in [2.45, 2.75) is 40.0 Å². The quantitative estimate of drug-likeness (QED) is 0.165. The third kappa shape index (κ3) is 9.27. The number of ether oxygens (including phenoxy) is 2. The van der Waals surface area contributed by atoms with Gasteiger partial charge in [0.15, 0.2) is 0 Å². The van der Waals surface area contributed by atoms with E-state index in [9.17, 15) is 4.21 Å². The lowest BCUT2D eigenvalue weighted by molar-refractivity contribution is 0.212. The molecule has 2 aromatic rings. The minimum absolute atomic E-state index is 0.427. The second-order valence-electron chi connectivity index (χ2n) is 7.61. The third-order valence-electron chi connectivity index (χ3n) is 4.83. The Balaban J connectivity index is 1.74. The van der Waals surface area contributed by atoms with Crippen LogP contribution in [0.1, 0.15) is 36.5 Å². The van der Waals surface area contributed by atoms with E-state index in [2.05, 4.69) is 5.16 Å². The van der Waals surface area contributed by atoms with Gasteiger partial charge in [-0.25, -0.2) is 0 Å². The van der Waals surface area contributed by atoms with Crippen LogP contribution in [0.15, 0.2) is 59.8 Å². The SMILES string of the molecule is C/C=C/COc1cc(C)c(OCCCCS(=O)C/C(Cc2ccccc2)=N/OC)c(C)c1. The number of benzene rings is 2. The minimum atomic E-state index is -0.978. The summed E-state index contributed by atoms with van der Waals surface area (Å²) in [6.07, 6.45) is 6.28. The number of nitrogens with zero attached hydrogens (tertiary/aromatic N) is 1. The molecular formula is C26H35NO4S. The van der Waals surface area contributed by atoms with Crippen LogP contribution in [0, 0.1) is 13.8 Å². The van der Waals surface area contributed by atoms with E-state index in [0.717, 1.165) is 46.7 Å². The number of oxime groups is 1. The van der Waals surface area contributed by atoms with Crippen molar-refractivity contribution in [1.29, 1.82) is 0 Å². The highest BCUT2D eigenvalue weighted by atomic mass is 32.2. The zero-order valence-corrected chi connectivity index (χ0v) is 20.5. The summed E-state index contributed by atoms with van der Waals surface area (Å²) in [5.74, 6) is 2.80. The van der Waals surface area contributed by atoms with Gasteiger partial charge in [-0.05, 0) is 62.4 Å². The number of allylic oxidation sites excluding steroid dienone is 1. The molecule has 32 heavy (non-hydrogen) atoms. The van der Waals surface area contributed by atoms with E-state index < -0.39 is 10.8 Å². The lowest BCUT2D eigenvalue weighted by Gasteiger charge is -2.14. The van der Waals surface area contributed by atoms with Gasteiger partial charge >= 0.3 is 0 Å². The average molecular weight is 458 g/mol. The van der Waals surface area contributed by atoms with Gasteiger partial charge in [0, 0.05) is 23.0 Å². The molecule has 0 aromatic heterocycles. The molecule has 1 unspecified atom stereocenters. The van der Waals surface area contributed by atoms with Gasteiger partial charge in [0.05, 0.1) is 18.1 Å². The van der Waals surface area contributed by atoms with Crippen molar-refractivity contribution in [3.8, 4) is 11.5 Å². The van der Waals surface area contributed by atoms with Gasteiger partial charge in [-0.1, -0.05) is 47.6 Å². The van der Waals surface area contributed by atoms with E-state index in [0.29, 0.717) is 31.1 Å². The van der Waals surface area contributed by atoms with E-state index in [4.69, 9.17) is 14.3 Å². The summed E-state index contributed by atoms with van der Waals surface area (Å²) >= 11 is 0. The Kier molecular flexibility index (Phi) is 11.6. The van der Waals surface area contributed by atoms with Crippen LogP contribution in [0.2, 0.25) is 0 Å². The summed E-state index contributed by atoms with van der Waals surface area (Å²) in [5.41, 5.74) is 4.06. The smallest absolute Gasteiger partial charge is 0.125 e. The van der Waals surface area contributed by atoms with Crippen LogP contribution in [0.4, 0.5) is 0 Å². The number of hydrogen-bond acceptors (Lipinski definition) is 5. The molecule has 6 heteroatoms. The summed E-state index contributed by atoms with van der Waals surface area (Å²) in [7, 11) is 0.546. The highest BCUT2D eigenvalue weighted by molar-refractivity contribution is 7.85. The van der Waals surface area contributed by atoms with Crippen molar-refractivity contribution < 1.29 is 18.5 Å². The molecule has 0 aliphatic rings. The van der Waals surface area contributed by atoms with Crippen LogP contribution in [0.3, 0.4) is 0 Å². The van der Waals surface area contributed by atoms with E-state index >= 15 is 0 Å². The maximum absolute atomic E-state index is 12.5. The zero-order valence-electron chi connectivity index (χ0n) is 19.6. The topological polar surface area (TPSA) is 57.1 Å². The van der Waals surface area contributed by atoms with Gasteiger partial charge in [0.2, 0.25) is 0 Å². The fraction of sp³-hybridized carbons (Fsp3) is 0.423. The first-order chi connectivity index (χ1) is 15.5. The normalized spacial score (nSPS) is 12.7. The molecule has 5 nitrogen and oxygen atoms in total. The molecule has 0 saturated heterocycles. The molecule has 0 spiro atoms. The van der Waals surface area contributed by atoms with Gasteiger partial charge in [-0.2, -0.15) is 0 Å². The van der Waals surface area contributed by atoms with Gasteiger partial charge < -0.3 is 14.3 Å². The third-order valence-corrected chi connectivity index (χ3v) is 6.23. The van der Waals surface area contributed by atoms with Crippen LogP contribution in [0.25, 0.3) is 0 Å². The molecule has 174 valence electrons. The van der Waals surface area contributed by atoms with Crippen molar-refractivity contribution in [3.63, 3.8) is 0 Å². The summed E-state index contributed by atoms with van der Waals surface area (Å²) in [5, 5.41) is 4.08. The van der Waals surface area contributed by atoms with Crippen LogP contribution < -0.4 is 9.47 Å². The summed E-state index contributed by atoms with van der Waals surface area (Å²) in [6.45, 7) is 7.20. The fourth-order valence-electron chi connectivity index (χ4n) is 3.33. The molecule has 0 bridgehead atoms. The van der Waals surface area contributed by atoms with Crippen LogP contribution in [-0.2, 0) is 22.1 Å². The molecule has 0 aliphatic carbocycles. The zero-order chi connectivity index (χ0) is 23.2. The fourth-order valence-corrected chi connectivity index (χ4v) is 4.53. The van der Waals surface area contributed by atoms with Crippen molar-refractivity contribution >= 4 is 16.5 Å². The first kappa shape index (κ1) is 25.7. The van der Waals surface area contributed by atoms with Crippen LogP contribution in [-0.4, -0.2) is 41.7 Å². The molecule has 0 radical (unpaired) electrons. The maximum atomic E-state index is 12.5. The number of hydrogen-bond donors (Lipinski definition) is 0. The first-order valence-corrected chi connectivity index (χ1v) is 12.5. The standard InChI is InChI=1S/C26H35NO4S/c1-5-6-14-30-25-17-21(2)26(22(3)18-25)31-15-10-11-16-32(28)20-24(27-29-4)19-23-12-8-7-9-13-23/h5-9,12-13,17-18H,10-11,14-16,19-20H2,1-4H3/b6-5+,27-24+. The van der Waals surface area contributed by atoms with E-state index in [1.807, 2.05) is 75.4 Å². The predicted molar refractivity (Wildman–Crippen MR) is 133 cm³/mol. The molecule has 1 atom stereocenters. The Bertz CT molecular complexity index is 886. The molecule has 0 fully saturated rings. The molecular weight excluding hydrogens is 422 g/mol. The van der Waals surface area contributed by atoms with Crippen molar-refractivity contribution in [3.05, 3.63) is 71.3 Å². The first-order valence-electron chi connectivity index (χ1n) is 11.0. The minimum Gasteiger partial charge on any atom is -0.493 e. The highest BCUT2D eigenvalue weighted by Gasteiger charge is 2.10. The Morgan fingerprint density at radius 3 is 2.44 bits per heavy atom. The van der Waals surface area contributed by atoms with E-state index in [1.165, 1.54) is 7.11 Å². The molecule has 0 N–H and O–H groups in total. The predicted octanol–water partition coefficient (Wildman–Crippen LogP) is 5.41. The van der Waals surface area contributed by atoms with E-state index in [1.54, 1.807) is 0 Å². The number of unbranched alkanes of at least 4 members (excludes halogenated alkanes) is 1. The van der Waals surface area contributed by atoms with Crippen molar-refractivity contribution in [2.24, 2.45) is 5.16 Å². The average Bonchev–Trinajstić information content (AvgIpc) is 2.76. The van der Waals surface area contributed by atoms with Gasteiger partial charge in [-0.15, -0.1) is 0 Å². The Labute approximate surface area is 194 Å². The van der Waals surface area contributed by atoms with Crippen LogP contribution in [0.5, 0.6) is 11.5 Å². The second-order valence-corrected chi connectivity index (χ2v) is 9.19.